The molecule has 0 saturated heterocycles. The predicted molar refractivity (Wildman–Crippen MR) is 96.8 cm³/mol. The van der Waals surface area contributed by atoms with E-state index in [1.165, 1.54) is 12.1 Å². The topological polar surface area (TPSA) is 51.8 Å². The molecule has 0 spiro atoms. The zero-order valence-corrected chi connectivity index (χ0v) is 14.6. The summed E-state index contributed by atoms with van der Waals surface area (Å²) in [5, 5.41) is 6.01. The van der Waals surface area contributed by atoms with E-state index in [4.69, 9.17) is 4.52 Å². The Morgan fingerprint density at radius 1 is 0.960 bits per heavy atom. The van der Waals surface area contributed by atoms with E-state index in [1.807, 2.05) is 35.7 Å². The lowest BCUT2D eigenvalue weighted by molar-refractivity contribution is 0.425. The largest absolute Gasteiger partial charge is 0.334 e. The van der Waals surface area contributed by atoms with Crippen LogP contribution in [-0.4, -0.2) is 15.1 Å². The number of hydrogen-bond acceptors (Lipinski definition) is 6. The molecule has 0 radical (unpaired) electrons. The zero-order chi connectivity index (χ0) is 17.1. The van der Waals surface area contributed by atoms with E-state index in [-0.39, 0.29) is 5.82 Å². The molecule has 4 nitrogen and oxygen atoms in total. The number of benzene rings is 2. The first-order valence-corrected chi connectivity index (χ1v) is 9.37. The third-order valence-corrected chi connectivity index (χ3v) is 5.45. The number of rotatable bonds is 5. The van der Waals surface area contributed by atoms with Crippen LogP contribution in [0.25, 0.3) is 22.7 Å². The van der Waals surface area contributed by atoms with Gasteiger partial charge in [-0.05, 0) is 24.3 Å². The molecule has 4 aromatic rings. The van der Waals surface area contributed by atoms with Gasteiger partial charge in [0.1, 0.15) is 5.82 Å². The summed E-state index contributed by atoms with van der Waals surface area (Å²) in [4.78, 5) is 8.97. The highest BCUT2D eigenvalue weighted by Gasteiger charge is 2.11. The number of halogens is 1. The molecule has 2 aromatic carbocycles. The average molecular weight is 369 g/mol. The molecule has 0 aliphatic rings. The maximum Gasteiger partial charge on any atom is 0.257 e. The highest BCUT2D eigenvalue weighted by Crippen LogP contribution is 2.30. The summed E-state index contributed by atoms with van der Waals surface area (Å²) in [5.74, 6) is 1.24. The molecule has 0 saturated carbocycles. The molecule has 2 aromatic heterocycles. The Labute approximate surface area is 151 Å². The first kappa shape index (κ1) is 16.0. The van der Waals surface area contributed by atoms with Crippen molar-refractivity contribution in [1.82, 2.24) is 15.1 Å². The molecule has 124 valence electrons. The Kier molecular flexibility index (Phi) is 4.58. The lowest BCUT2D eigenvalue weighted by Crippen LogP contribution is -1.84. The van der Waals surface area contributed by atoms with Crippen molar-refractivity contribution in [3.8, 4) is 22.7 Å². The SMILES string of the molecule is Fc1ccc(-c2nc(CSc3nc(-c4ccccc4)cs3)no2)cc1. The van der Waals surface area contributed by atoms with E-state index in [0.717, 1.165) is 15.6 Å². The standard InChI is InChI=1S/C18H12FN3OS2/c19-14-8-6-13(7-9-14)17-21-16(22-23-17)11-25-18-20-15(10-24-18)12-4-2-1-3-5-12/h1-10H,11H2. The van der Waals surface area contributed by atoms with Crippen LogP contribution in [0.5, 0.6) is 0 Å². The van der Waals surface area contributed by atoms with E-state index >= 15 is 0 Å². The minimum absolute atomic E-state index is 0.294. The molecule has 0 unspecified atom stereocenters. The lowest BCUT2D eigenvalue weighted by atomic mass is 10.2. The fraction of sp³-hybridized carbons (Fsp3) is 0.0556. The molecule has 0 N–H and O–H groups in total. The van der Waals surface area contributed by atoms with Gasteiger partial charge in [0.2, 0.25) is 0 Å². The van der Waals surface area contributed by atoms with Gasteiger partial charge in [-0.3, -0.25) is 0 Å². The van der Waals surface area contributed by atoms with E-state index in [9.17, 15) is 4.39 Å². The van der Waals surface area contributed by atoms with Crippen LogP contribution in [0.1, 0.15) is 5.82 Å². The van der Waals surface area contributed by atoms with E-state index in [0.29, 0.717) is 23.0 Å². The summed E-state index contributed by atoms with van der Waals surface area (Å²) in [6, 6.07) is 16.0. The average Bonchev–Trinajstić information content (AvgIpc) is 3.31. The molecule has 4 rings (SSSR count). The molecule has 0 aliphatic heterocycles. The Balaban J connectivity index is 1.42. The number of nitrogens with zero attached hydrogens (tertiary/aromatic N) is 3. The summed E-state index contributed by atoms with van der Waals surface area (Å²) >= 11 is 3.15. The van der Waals surface area contributed by atoms with Gasteiger partial charge in [-0.15, -0.1) is 11.3 Å². The summed E-state index contributed by atoms with van der Waals surface area (Å²) in [6.45, 7) is 0. The summed E-state index contributed by atoms with van der Waals surface area (Å²) in [7, 11) is 0. The van der Waals surface area contributed by atoms with Gasteiger partial charge in [0, 0.05) is 16.5 Å². The molecule has 0 bridgehead atoms. The van der Waals surface area contributed by atoms with E-state index < -0.39 is 0 Å². The summed E-state index contributed by atoms with van der Waals surface area (Å²) in [6.07, 6.45) is 0. The molecular weight excluding hydrogens is 357 g/mol. The van der Waals surface area contributed by atoms with Gasteiger partial charge >= 0.3 is 0 Å². The van der Waals surface area contributed by atoms with Gasteiger partial charge in [-0.1, -0.05) is 47.3 Å². The molecule has 25 heavy (non-hydrogen) atoms. The quantitative estimate of drug-likeness (QED) is 0.447. The van der Waals surface area contributed by atoms with Gasteiger partial charge in [-0.25, -0.2) is 9.37 Å². The van der Waals surface area contributed by atoms with Crippen LogP contribution >= 0.6 is 23.1 Å². The molecule has 0 amide bonds. The van der Waals surface area contributed by atoms with E-state index in [2.05, 4.69) is 15.1 Å². The maximum atomic E-state index is 13.0. The smallest absolute Gasteiger partial charge is 0.257 e. The number of thiazole rings is 1. The fourth-order valence-electron chi connectivity index (χ4n) is 2.21. The van der Waals surface area contributed by atoms with Crippen molar-refractivity contribution in [1.29, 1.82) is 0 Å². The Morgan fingerprint density at radius 3 is 2.56 bits per heavy atom. The maximum absolute atomic E-state index is 13.0. The van der Waals surface area contributed by atoms with Gasteiger partial charge in [0.25, 0.3) is 5.89 Å². The minimum Gasteiger partial charge on any atom is -0.334 e. The van der Waals surface area contributed by atoms with Crippen LogP contribution in [-0.2, 0) is 5.75 Å². The molecule has 2 heterocycles. The third kappa shape index (κ3) is 3.78. The first-order chi connectivity index (χ1) is 12.3. The zero-order valence-electron chi connectivity index (χ0n) is 12.9. The number of hydrogen-bond donors (Lipinski definition) is 0. The van der Waals surface area contributed by atoms with Crippen LogP contribution in [0, 0.1) is 5.82 Å². The van der Waals surface area contributed by atoms with Gasteiger partial charge in [0.05, 0.1) is 11.4 Å². The lowest BCUT2D eigenvalue weighted by Gasteiger charge is -1.94. The van der Waals surface area contributed by atoms with Crippen LogP contribution in [0.3, 0.4) is 0 Å². The monoisotopic (exact) mass is 369 g/mol. The van der Waals surface area contributed by atoms with Crippen LogP contribution in [0.2, 0.25) is 0 Å². The van der Waals surface area contributed by atoms with Crippen molar-refractivity contribution in [3.63, 3.8) is 0 Å². The Bertz CT molecular complexity index is 967. The van der Waals surface area contributed by atoms with Crippen molar-refractivity contribution in [2.45, 2.75) is 10.1 Å². The summed E-state index contributed by atoms with van der Waals surface area (Å²) < 4.78 is 19.2. The summed E-state index contributed by atoms with van der Waals surface area (Å²) in [5.41, 5.74) is 2.77. The van der Waals surface area contributed by atoms with E-state index in [1.54, 1.807) is 35.2 Å². The molecule has 0 aliphatic carbocycles. The molecule has 0 atom stereocenters. The second kappa shape index (κ2) is 7.16. The van der Waals surface area contributed by atoms with Crippen LogP contribution in [0.15, 0.2) is 68.8 Å². The van der Waals surface area contributed by atoms with Gasteiger partial charge in [-0.2, -0.15) is 4.98 Å². The molecular formula is C18H12FN3OS2. The highest BCUT2D eigenvalue weighted by molar-refractivity contribution is 8.00. The number of aromatic nitrogens is 3. The normalized spacial score (nSPS) is 10.9. The van der Waals surface area contributed by atoms with Gasteiger partial charge < -0.3 is 4.52 Å². The van der Waals surface area contributed by atoms with Crippen molar-refractivity contribution in [2.75, 3.05) is 0 Å². The predicted octanol–water partition coefficient (Wildman–Crippen LogP) is 5.29. The highest BCUT2D eigenvalue weighted by atomic mass is 32.2. The molecule has 0 fully saturated rings. The molecule has 7 heteroatoms. The van der Waals surface area contributed by atoms with Gasteiger partial charge in [0.15, 0.2) is 10.2 Å². The minimum atomic E-state index is -0.294. The Hall–Kier alpha value is -2.51. The number of thioether (sulfide) groups is 1. The van der Waals surface area contributed by atoms with Crippen molar-refractivity contribution in [2.24, 2.45) is 0 Å². The fourth-order valence-corrected chi connectivity index (χ4v) is 3.89. The Morgan fingerprint density at radius 2 is 1.76 bits per heavy atom. The second-order valence-corrected chi connectivity index (χ2v) is 7.26. The second-order valence-electron chi connectivity index (χ2n) is 5.18. The third-order valence-electron chi connectivity index (χ3n) is 3.44. The van der Waals surface area contributed by atoms with Crippen LogP contribution < -0.4 is 0 Å². The van der Waals surface area contributed by atoms with Crippen molar-refractivity contribution < 1.29 is 8.91 Å². The van der Waals surface area contributed by atoms with Crippen molar-refractivity contribution >= 4 is 23.1 Å². The van der Waals surface area contributed by atoms with Crippen molar-refractivity contribution in [3.05, 3.63) is 71.6 Å². The first-order valence-electron chi connectivity index (χ1n) is 7.50. The van der Waals surface area contributed by atoms with Crippen LogP contribution in [0.4, 0.5) is 4.39 Å².